The van der Waals surface area contributed by atoms with Gasteiger partial charge in [-0.3, -0.25) is 9.89 Å². The van der Waals surface area contributed by atoms with Crippen LogP contribution in [0.4, 0.5) is 0 Å². The summed E-state index contributed by atoms with van der Waals surface area (Å²) in [7, 11) is 0. The van der Waals surface area contributed by atoms with Crippen LogP contribution < -0.4 is 0 Å². The predicted molar refractivity (Wildman–Crippen MR) is 54.0 cm³/mol. The average molecular weight is 192 g/mol. The Bertz CT molecular complexity index is 379. The molecule has 0 aliphatic rings. The molecule has 0 saturated carbocycles. The number of para-hydroxylation sites is 1. The maximum atomic E-state index is 9.37. The molecule has 2 N–H and O–H groups in total. The van der Waals surface area contributed by atoms with Crippen LogP contribution in [0.5, 0.6) is 0 Å². The van der Waals surface area contributed by atoms with Gasteiger partial charge in [-0.15, -0.1) is 0 Å². The van der Waals surface area contributed by atoms with Crippen LogP contribution in [0.15, 0.2) is 30.5 Å². The number of aromatic amines is 1. The monoisotopic (exact) mass is 192 g/mol. The fraction of sp³-hybridized carbons (Fsp3) is 0.200. The lowest BCUT2D eigenvalue weighted by molar-refractivity contribution is -0.136. The topological polar surface area (TPSA) is 66.0 Å². The molecule has 0 bridgehead atoms. The van der Waals surface area contributed by atoms with Gasteiger partial charge in [0.05, 0.1) is 11.7 Å². The van der Waals surface area contributed by atoms with E-state index in [-0.39, 0.29) is 6.42 Å². The number of benzene rings is 1. The Morgan fingerprint density at radius 3 is 2.71 bits per heavy atom. The molecule has 0 saturated heterocycles. The van der Waals surface area contributed by atoms with Crippen molar-refractivity contribution in [3.05, 3.63) is 30.5 Å². The van der Waals surface area contributed by atoms with Gasteiger partial charge in [0, 0.05) is 11.8 Å². The molecule has 0 aliphatic heterocycles. The Morgan fingerprint density at radius 2 is 2.14 bits per heavy atom. The summed E-state index contributed by atoms with van der Waals surface area (Å²) in [6.45, 7) is 1.60. The summed E-state index contributed by atoms with van der Waals surface area (Å²) in [5, 5.41) is 15.6. The maximum Gasteiger partial charge on any atom is 0.303 e. The third-order valence-corrected chi connectivity index (χ3v) is 1.65. The third-order valence-electron chi connectivity index (χ3n) is 1.65. The molecule has 1 aromatic carbocycles. The first kappa shape index (κ1) is 10.2. The minimum absolute atomic E-state index is 0.222. The Kier molecular flexibility index (Phi) is 3.67. The van der Waals surface area contributed by atoms with E-state index >= 15 is 0 Å². The smallest absolute Gasteiger partial charge is 0.303 e. The largest absolute Gasteiger partial charge is 0.481 e. The van der Waals surface area contributed by atoms with Crippen molar-refractivity contribution in [3.63, 3.8) is 0 Å². The molecule has 2 aromatic rings. The second-order valence-corrected chi connectivity index (χ2v) is 2.70. The lowest BCUT2D eigenvalue weighted by atomic mass is 10.3. The van der Waals surface area contributed by atoms with Crippen LogP contribution in [0.2, 0.25) is 0 Å². The van der Waals surface area contributed by atoms with E-state index in [1.54, 1.807) is 6.92 Å². The number of H-pyrrole nitrogens is 1. The molecule has 1 heterocycles. The van der Waals surface area contributed by atoms with Gasteiger partial charge in [0.15, 0.2) is 0 Å². The summed E-state index contributed by atoms with van der Waals surface area (Å²) in [5.74, 6) is -0.745. The number of rotatable bonds is 1. The summed E-state index contributed by atoms with van der Waals surface area (Å²) >= 11 is 0. The number of nitrogens with zero attached hydrogens (tertiary/aromatic N) is 1. The summed E-state index contributed by atoms with van der Waals surface area (Å²) in [6.07, 6.45) is 2.04. The number of hydrogen-bond donors (Lipinski definition) is 2. The first-order valence-electron chi connectivity index (χ1n) is 4.34. The van der Waals surface area contributed by atoms with Crippen LogP contribution in [0.1, 0.15) is 13.3 Å². The maximum absolute atomic E-state index is 9.37. The number of carboxylic acid groups (broad SMARTS) is 1. The molecule has 0 fully saturated rings. The fourth-order valence-corrected chi connectivity index (χ4v) is 0.883. The zero-order valence-corrected chi connectivity index (χ0v) is 7.90. The zero-order valence-electron chi connectivity index (χ0n) is 7.90. The molecule has 1 aromatic heterocycles. The highest BCUT2D eigenvalue weighted by Gasteiger charge is 1.88. The van der Waals surface area contributed by atoms with Crippen molar-refractivity contribution < 1.29 is 9.90 Å². The number of fused-ring (bicyclic) bond motifs is 1. The van der Waals surface area contributed by atoms with Crippen LogP contribution >= 0.6 is 0 Å². The number of carbonyl (C=O) groups is 1. The number of aliphatic carboxylic acids is 1. The van der Waals surface area contributed by atoms with Gasteiger partial charge in [-0.1, -0.05) is 25.1 Å². The summed E-state index contributed by atoms with van der Waals surface area (Å²) in [4.78, 5) is 9.37. The van der Waals surface area contributed by atoms with E-state index in [2.05, 4.69) is 10.2 Å². The van der Waals surface area contributed by atoms with E-state index < -0.39 is 5.97 Å². The molecular weight excluding hydrogens is 180 g/mol. The van der Waals surface area contributed by atoms with Crippen molar-refractivity contribution in [1.82, 2.24) is 10.2 Å². The van der Waals surface area contributed by atoms with E-state index in [4.69, 9.17) is 5.11 Å². The van der Waals surface area contributed by atoms with Crippen LogP contribution in [0.3, 0.4) is 0 Å². The summed E-state index contributed by atoms with van der Waals surface area (Å²) in [6, 6.07) is 8.01. The lowest BCUT2D eigenvalue weighted by Crippen LogP contribution is -1.86. The molecule has 14 heavy (non-hydrogen) atoms. The Hall–Kier alpha value is -1.84. The van der Waals surface area contributed by atoms with Crippen molar-refractivity contribution in [2.75, 3.05) is 0 Å². The van der Waals surface area contributed by atoms with E-state index in [1.165, 1.54) is 0 Å². The van der Waals surface area contributed by atoms with Gasteiger partial charge in [-0.2, -0.15) is 5.10 Å². The predicted octanol–water partition coefficient (Wildman–Crippen LogP) is 2.04. The molecular formula is C10H12N2O2. The van der Waals surface area contributed by atoms with Crippen LogP contribution in [0, 0.1) is 0 Å². The average Bonchev–Trinajstić information content (AvgIpc) is 2.66. The highest BCUT2D eigenvalue weighted by molar-refractivity contribution is 5.77. The SMILES string of the molecule is CCC(=O)O.c1ccc2[nH]ncc2c1. The molecule has 2 rings (SSSR count). The molecule has 74 valence electrons. The number of nitrogens with one attached hydrogen (secondary N) is 1. The molecule has 0 amide bonds. The van der Waals surface area contributed by atoms with Crippen molar-refractivity contribution in [2.45, 2.75) is 13.3 Å². The van der Waals surface area contributed by atoms with Crippen LogP contribution in [0.25, 0.3) is 10.9 Å². The minimum atomic E-state index is -0.745. The number of aromatic nitrogens is 2. The molecule has 0 atom stereocenters. The summed E-state index contributed by atoms with van der Waals surface area (Å²) in [5.41, 5.74) is 1.09. The molecule has 0 radical (unpaired) electrons. The Morgan fingerprint density at radius 1 is 1.50 bits per heavy atom. The van der Waals surface area contributed by atoms with Gasteiger partial charge in [0.1, 0.15) is 0 Å². The van der Waals surface area contributed by atoms with Gasteiger partial charge < -0.3 is 5.11 Å². The fourth-order valence-electron chi connectivity index (χ4n) is 0.883. The van der Waals surface area contributed by atoms with Crippen molar-refractivity contribution in [3.8, 4) is 0 Å². The molecule has 4 heteroatoms. The first-order valence-corrected chi connectivity index (χ1v) is 4.34. The van der Waals surface area contributed by atoms with Crippen molar-refractivity contribution >= 4 is 16.9 Å². The summed E-state index contributed by atoms with van der Waals surface area (Å²) < 4.78 is 0. The molecule has 0 aliphatic carbocycles. The number of carboxylic acids is 1. The second kappa shape index (κ2) is 5.01. The minimum Gasteiger partial charge on any atom is -0.481 e. The molecule has 0 spiro atoms. The van der Waals surface area contributed by atoms with Crippen molar-refractivity contribution in [1.29, 1.82) is 0 Å². The van der Waals surface area contributed by atoms with Gasteiger partial charge in [0.25, 0.3) is 0 Å². The van der Waals surface area contributed by atoms with Gasteiger partial charge in [0.2, 0.25) is 0 Å². The van der Waals surface area contributed by atoms with E-state index in [9.17, 15) is 4.79 Å². The van der Waals surface area contributed by atoms with E-state index in [0.29, 0.717) is 0 Å². The lowest BCUT2D eigenvalue weighted by Gasteiger charge is -1.81. The van der Waals surface area contributed by atoms with Gasteiger partial charge in [-0.05, 0) is 6.07 Å². The Balaban J connectivity index is 0.000000171. The molecule has 4 nitrogen and oxygen atoms in total. The van der Waals surface area contributed by atoms with E-state index in [0.717, 1.165) is 10.9 Å². The van der Waals surface area contributed by atoms with E-state index in [1.807, 2.05) is 30.5 Å². The highest BCUT2D eigenvalue weighted by Crippen LogP contribution is 2.06. The number of hydrogen-bond acceptors (Lipinski definition) is 2. The van der Waals surface area contributed by atoms with Crippen LogP contribution in [-0.4, -0.2) is 21.3 Å². The normalized spacial score (nSPS) is 9.21. The first-order chi connectivity index (χ1) is 6.74. The van der Waals surface area contributed by atoms with Gasteiger partial charge >= 0.3 is 5.97 Å². The third kappa shape index (κ3) is 2.90. The Labute approximate surface area is 81.6 Å². The highest BCUT2D eigenvalue weighted by atomic mass is 16.4. The molecule has 0 unspecified atom stereocenters. The van der Waals surface area contributed by atoms with Gasteiger partial charge in [-0.25, -0.2) is 0 Å². The van der Waals surface area contributed by atoms with Crippen molar-refractivity contribution in [2.24, 2.45) is 0 Å². The second-order valence-electron chi connectivity index (χ2n) is 2.70. The zero-order chi connectivity index (χ0) is 10.4. The van der Waals surface area contributed by atoms with Crippen LogP contribution in [-0.2, 0) is 4.79 Å². The standard InChI is InChI=1S/C7H6N2.C3H6O2/c1-2-4-7-6(3-1)5-8-9-7;1-2-3(4)5/h1-5H,(H,8,9);2H2,1H3,(H,4,5). The quantitative estimate of drug-likeness (QED) is 0.726.